The Morgan fingerprint density at radius 2 is 1.82 bits per heavy atom. The van der Waals surface area contributed by atoms with Gasteiger partial charge in [-0.15, -0.1) is 0 Å². The van der Waals surface area contributed by atoms with Gasteiger partial charge in [0, 0.05) is 38.3 Å². The molecule has 5 rings (SSSR count). The van der Waals surface area contributed by atoms with Crippen LogP contribution in [0.25, 0.3) is 22.2 Å². The fourth-order valence-corrected chi connectivity index (χ4v) is 5.12. The number of hydrogen-bond donors (Lipinski definition) is 2. The molecule has 0 saturated heterocycles. The lowest BCUT2D eigenvalue weighted by Gasteiger charge is -2.38. The fraction of sp³-hybridized carbons (Fsp3) is 0.480. The van der Waals surface area contributed by atoms with E-state index in [9.17, 15) is 5.11 Å². The van der Waals surface area contributed by atoms with E-state index in [1.54, 1.807) is 19.5 Å². The molecule has 1 unspecified atom stereocenters. The van der Waals surface area contributed by atoms with Gasteiger partial charge in [-0.1, -0.05) is 6.07 Å². The molecule has 2 aromatic heterocycles. The summed E-state index contributed by atoms with van der Waals surface area (Å²) in [5, 5.41) is 10.3. The van der Waals surface area contributed by atoms with Gasteiger partial charge in [-0.3, -0.25) is 20.1 Å². The van der Waals surface area contributed by atoms with Crippen LogP contribution in [0.5, 0.6) is 0 Å². The molecule has 3 heterocycles. The Balaban J connectivity index is 1.42. The number of guanidine groups is 1. The molecule has 2 N–H and O–H groups in total. The van der Waals surface area contributed by atoms with Crippen molar-refractivity contribution in [1.29, 1.82) is 0 Å². The Morgan fingerprint density at radius 1 is 1.09 bits per heavy atom. The molecule has 1 aromatic carbocycles. The number of aromatic nitrogens is 3. The molecule has 2 aliphatic rings. The van der Waals surface area contributed by atoms with E-state index in [2.05, 4.69) is 38.5 Å². The van der Waals surface area contributed by atoms with Crippen LogP contribution >= 0.6 is 0 Å². The molecule has 8 nitrogen and oxygen atoms in total. The third kappa shape index (κ3) is 4.09. The molecular weight excluding hydrogens is 416 g/mol. The lowest BCUT2D eigenvalue weighted by atomic mass is 9.77. The van der Waals surface area contributed by atoms with Gasteiger partial charge < -0.3 is 14.7 Å². The normalized spacial score (nSPS) is 24.7. The molecule has 1 atom stereocenters. The van der Waals surface area contributed by atoms with E-state index in [0.29, 0.717) is 5.92 Å². The van der Waals surface area contributed by atoms with Crippen LogP contribution in [0.2, 0.25) is 0 Å². The van der Waals surface area contributed by atoms with Crippen molar-refractivity contribution < 1.29 is 9.84 Å². The van der Waals surface area contributed by atoms with E-state index in [0.717, 1.165) is 59.5 Å². The van der Waals surface area contributed by atoms with Crippen molar-refractivity contribution in [2.75, 3.05) is 19.6 Å². The van der Waals surface area contributed by atoms with E-state index >= 15 is 0 Å². The number of methoxy groups -OCH3 is 1. The van der Waals surface area contributed by atoms with Crippen LogP contribution in [-0.4, -0.2) is 56.4 Å². The molecule has 0 radical (unpaired) electrons. The number of nitrogens with zero attached hydrogens (tertiary/aromatic N) is 5. The maximum atomic E-state index is 10.3. The molecule has 33 heavy (non-hydrogen) atoms. The van der Waals surface area contributed by atoms with Crippen molar-refractivity contribution in [1.82, 2.24) is 19.5 Å². The molecule has 1 saturated carbocycles. The standard InChI is InChI=1S/C25H32N6O2/c1-25(2,32)17-6-8-18(9-7-17)28-24-29-31-14-11-19(22(31)23(33-4)30(24)3)16-5-10-20-21(15-16)27-13-12-26-20/h5,10-15,17-18,23,32H,6-9H2,1-4H3,(H,28,29). The van der Waals surface area contributed by atoms with Gasteiger partial charge >= 0.3 is 0 Å². The summed E-state index contributed by atoms with van der Waals surface area (Å²) in [7, 11) is 3.74. The predicted molar refractivity (Wildman–Crippen MR) is 129 cm³/mol. The first-order chi connectivity index (χ1) is 15.8. The molecule has 1 aliphatic carbocycles. The summed E-state index contributed by atoms with van der Waals surface area (Å²) in [5.74, 6) is 1.13. The van der Waals surface area contributed by atoms with E-state index in [-0.39, 0.29) is 12.3 Å². The number of ether oxygens (including phenoxy) is 1. The summed E-state index contributed by atoms with van der Waals surface area (Å²) < 4.78 is 7.95. The molecule has 0 bridgehead atoms. The van der Waals surface area contributed by atoms with Crippen LogP contribution in [0, 0.1) is 5.92 Å². The van der Waals surface area contributed by atoms with Crippen molar-refractivity contribution in [3.05, 3.63) is 48.5 Å². The molecule has 1 fully saturated rings. The van der Waals surface area contributed by atoms with E-state index in [1.165, 1.54) is 0 Å². The Hall–Kier alpha value is -2.97. The van der Waals surface area contributed by atoms with Crippen LogP contribution in [0.4, 0.5) is 0 Å². The first-order valence-corrected chi connectivity index (χ1v) is 11.6. The summed E-state index contributed by atoms with van der Waals surface area (Å²) >= 11 is 0. The van der Waals surface area contributed by atoms with E-state index in [1.807, 2.05) is 37.8 Å². The number of nitrogens with one attached hydrogen (secondary N) is 1. The minimum Gasteiger partial charge on any atom is -0.390 e. The first-order valence-electron chi connectivity index (χ1n) is 11.6. The van der Waals surface area contributed by atoms with Crippen molar-refractivity contribution >= 4 is 17.0 Å². The smallest absolute Gasteiger partial charge is 0.215 e. The average molecular weight is 449 g/mol. The lowest BCUT2D eigenvalue weighted by Crippen LogP contribution is -2.47. The van der Waals surface area contributed by atoms with Gasteiger partial charge in [0.05, 0.1) is 28.4 Å². The number of hydrogen-bond acceptors (Lipinski definition) is 5. The summed E-state index contributed by atoms with van der Waals surface area (Å²) in [4.78, 5) is 15.9. The van der Waals surface area contributed by atoms with Crippen LogP contribution in [0.15, 0.2) is 47.8 Å². The summed E-state index contributed by atoms with van der Waals surface area (Å²) in [6.07, 6.45) is 9.11. The Labute approximate surface area is 194 Å². The van der Waals surface area contributed by atoms with Gasteiger partial charge in [0.25, 0.3) is 0 Å². The Kier molecular flexibility index (Phi) is 5.58. The zero-order chi connectivity index (χ0) is 23.2. The summed E-state index contributed by atoms with van der Waals surface area (Å²) in [6, 6.07) is 8.47. The number of aliphatic imine (C=N–C) groups is 1. The van der Waals surface area contributed by atoms with Crippen molar-refractivity contribution in [2.24, 2.45) is 10.9 Å². The maximum absolute atomic E-state index is 10.3. The topological polar surface area (TPSA) is 87.8 Å². The average Bonchev–Trinajstić information content (AvgIpc) is 3.22. The van der Waals surface area contributed by atoms with Crippen LogP contribution in [0.3, 0.4) is 0 Å². The largest absolute Gasteiger partial charge is 0.390 e. The van der Waals surface area contributed by atoms with E-state index < -0.39 is 5.60 Å². The van der Waals surface area contributed by atoms with Gasteiger partial charge in [-0.25, -0.2) is 4.99 Å². The van der Waals surface area contributed by atoms with Crippen LogP contribution < -0.4 is 5.43 Å². The second-order valence-electron chi connectivity index (χ2n) is 9.67. The number of rotatable bonds is 4. The van der Waals surface area contributed by atoms with Gasteiger partial charge in [-0.05, 0) is 69.2 Å². The quantitative estimate of drug-likeness (QED) is 0.629. The lowest BCUT2D eigenvalue weighted by molar-refractivity contribution is -0.00186. The van der Waals surface area contributed by atoms with Crippen molar-refractivity contribution in [3.8, 4) is 11.1 Å². The third-order valence-electron chi connectivity index (χ3n) is 7.07. The Morgan fingerprint density at radius 3 is 2.52 bits per heavy atom. The van der Waals surface area contributed by atoms with Gasteiger partial charge in [0.1, 0.15) is 0 Å². The summed E-state index contributed by atoms with van der Waals surface area (Å²) in [6.45, 7) is 3.83. The number of fused-ring (bicyclic) bond motifs is 2. The maximum Gasteiger partial charge on any atom is 0.215 e. The molecule has 1 aliphatic heterocycles. The van der Waals surface area contributed by atoms with Gasteiger partial charge in [0.15, 0.2) is 6.23 Å². The van der Waals surface area contributed by atoms with Crippen LogP contribution in [-0.2, 0) is 4.74 Å². The highest BCUT2D eigenvalue weighted by Crippen LogP contribution is 2.37. The molecule has 3 aromatic rings. The zero-order valence-corrected chi connectivity index (χ0v) is 19.7. The molecular formula is C25H32N6O2. The predicted octanol–water partition coefficient (Wildman–Crippen LogP) is 3.92. The monoisotopic (exact) mass is 448 g/mol. The van der Waals surface area contributed by atoms with Crippen molar-refractivity contribution in [3.63, 3.8) is 0 Å². The highest BCUT2D eigenvalue weighted by molar-refractivity contribution is 5.90. The second kappa shape index (κ2) is 8.43. The SMILES string of the molecule is COC1c2c(-c3ccc4nccnc4c3)ccn2NC(=NC2CCC(C(C)(C)O)CC2)N1C. The summed E-state index contributed by atoms with van der Waals surface area (Å²) in [5.41, 5.74) is 7.76. The molecule has 0 spiro atoms. The highest BCUT2D eigenvalue weighted by Gasteiger charge is 2.34. The zero-order valence-electron chi connectivity index (χ0n) is 19.7. The molecule has 8 heteroatoms. The van der Waals surface area contributed by atoms with Gasteiger partial charge in [0.2, 0.25) is 5.96 Å². The van der Waals surface area contributed by atoms with E-state index in [4.69, 9.17) is 9.73 Å². The highest BCUT2D eigenvalue weighted by atomic mass is 16.5. The van der Waals surface area contributed by atoms with Gasteiger partial charge in [-0.2, -0.15) is 0 Å². The minimum absolute atomic E-state index is 0.238. The third-order valence-corrected chi connectivity index (χ3v) is 7.07. The first kappa shape index (κ1) is 21.9. The minimum atomic E-state index is -0.621. The molecule has 174 valence electrons. The molecule has 0 amide bonds. The number of aliphatic hydroxyl groups is 1. The Bertz CT molecular complexity index is 1170. The van der Waals surface area contributed by atoms with Crippen molar-refractivity contribution in [2.45, 2.75) is 57.4 Å². The second-order valence-corrected chi connectivity index (χ2v) is 9.67. The fourth-order valence-electron chi connectivity index (χ4n) is 5.12. The number of benzene rings is 1. The van der Waals surface area contributed by atoms with Crippen LogP contribution in [0.1, 0.15) is 51.5 Å².